The molecule has 1 aromatic heterocycles. The lowest BCUT2D eigenvalue weighted by Gasteiger charge is -2.33. The van der Waals surface area contributed by atoms with Gasteiger partial charge in [-0.05, 0) is 32.7 Å². The quantitative estimate of drug-likeness (QED) is 0.559. The molecule has 6 heteroatoms. The zero-order valence-electron chi connectivity index (χ0n) is 17.3. The van der Waals surface area contributed by atoms with E-state index < -0.39 is 0 Å². The first-order chi connectivity index (χ1) is 12.4. The number of piperidine rings is 1. The Morgan fingerprint density at radius 1 is 1.31 bits per heavy atom. The third-order valence-electron chi connectivity index (χ3n) is 4.79. The number of thiazole rings is 1. The molecule has 0 saturated carbocycles. The van der Waals surface area contributed by atoms with Crippen LogP contribution in [0.5, 0.6) is 0 Å². The Balaban J connectivity index is 1.86. The van der Waals surface area contributed by atoms with Gasteiger partial charge in [-0.2, -0.15) is 0 Å². The standard InChI is InChI=1S/C20H37N5S/c1-6-8-11-25-12-9-16(10-13-25)23-19(21-7-2)22-14-18-24-17(15-26-18)20(3,4)5/h15-16H,6-14H2,1-5H3,(H2,21,22,23). The van der Waals surface area contributed by atoms with Crippen molar-refractivity contribution in [2.75, 3.05) is 26.2 Å². The van der Waals surface area contributed by atoms with E-state index in [0.717, 1.165) is 23.2 Å². The molecule has 0 spiro atoms. The van der Waals surface area contributed by atoms with Crippen LogP contribution in [-0.2, 0) is 12.0 Å². The average molecular weight is 380 g/mol. The summed E-state index contributed by atoms with van der Waals surface area (Å²) in [5, 5.41) is 10.3. The van der Waals surface area contributed by atoms with Gasteiger partial charge in [-0.15, -0.1) is 11.3 Å². The molecule has 0 aromatic carbocycles. The second-order valence-corrected chi connectivity index (χ2v) is 9.13. The summed E-state index contributed by atoms with van der Waals surface area (Å²) < 4.78 is 0. The van der Waals surface area contributed by atoms with Crippen molar-refractivity contribution in [3.63, 3.8) is 0 Å². The Bertz CT molecular complexity index is 553. The minimum absolute atomic E-state index is 0.104. The van der Waals surface area contributed by atoms with Crippen molar-refractivity contribution in [2.45, 2.75) is 78.3 Å². The van der Waals surface area contributed by atoms with E-state index in [4.69, 9.17) is 9.98 Å². The third kappa shape index (κ3) is 6.88. The number of aliphatic imine (C=N–C) groups is 1. The molecular formula is C20H37N5S. The van der Waals surface area contributed by atoms with Gasteiger partial charge < -0.3 is 15.5 Å². The molecule has 0 radical (unpaired) electrons. The highest BCUT2D eigenvalue weighted by molar-refractivity contribution is 7.09. The number of hydrogen-bond donors (Lipinski definition) is 2. The van der Waals surface area contributed by atoms with E-state index in [1.54, 1.807) is 11.3 Å². The molecule has 1 aromatic rings. The Labute approximate surface area is 163 Å². The molecular weight excluding hydrogens is 342 g/mol. The van der Waals surface area contributed by atoms with Gasteiger partial charge in [-0.1, -0.05) is 34.1 Å². The topological polar surface area (TPSA) is 52.5 Å². The number of guanidine groups is 1. The number of nitrogens with zero attached hydrogens (tertiary/aromatic N) is 3. The zero-order valence-corrected chi connectivity index (χ0v) is 18.1. The maximum atomic E-state index is 4.77. The number of likely N-dealkylation sites (tertiary alicyclic amines) is 1. The number of nitrogens with one attached hydrogen (secondary N) is 2. The van der Waals surface area contributed by atoms with Crippen LogP contribution >= 0.6 is 11.3 Å². The number of unbranched alkanes of at least 4 members (excludes halogenated alkanes) is 1. The first-order valence-electron chi connectivity index (χ1n) is 10.1. The molecule has 1 fully saturated rings. The van der Waals surface area contributed by atoms with Gasteiger partial charge in [-0.3, -0.25) is 0 Å². The summed E-state index contributed by atoms with van der Waals surface area (Å²) in [6.07, 6.45) is 4.98. The van der Waals surface area contributed by atoms with E-state index in [-0.39, 0.29) is 5.41 Å². The van der Waals surface area contributed by atoms with Crippen molar-refractivity contribution >= 4 is 17.3 Å². The van der Waals surface area contributed by atoms with E-state index >= 15 is 0 Å². The molecule has 2 rings (SSSR count). The highest BCUT2D eigenvalue weighted by Crippen LogP contribution is 2.24. The summed E-state index contributed by atoms with van der Waals surface area (Å²) in [7, 11) is 0. The van der Waals surface area contributed by atoms with Crippen molar-refractivity contribution in [3.05, 3.63) is 16.1 Å². The lowest BCUT2D eigenvalue weighted by molar-refractivity contribution is 0.203. The molecule has 0 atom stereocenters. The largest absolute Gasteiger partial charge is 0.357 e. The van der Waals surface area contributed by atoms with Gasteiger partial charge in [-0.25, -0.2) is 9.98 Å². The summed E-state index contributed by atoms with van der Waals surface area (Å²) in [4.78, 5) is 12.1. The van der Waals surface area contributed by atoms with Crippen LogP contribution in [0.3, 0.4) is 0 Å². The molecule has 0 unspecified atom stereocenters. The predicted octanol–water partition coefficient (Wildman–Crippen LogP) is 3.76. The molecule has 26 heavy (non-hydrogen) atoms. The predicted molar refractivity (Wildman–Crippen MR) is 113 cm³/mol. The second kappa shape index (κ2) is 10.3. The Morgan fingerprint density at radius 2 is 2.04 bits per heavy atom. The molecule has 2 N–H and O–H groups in total. The summed E-state index contributed by atoms with van der Waals surface area (Å²) >= 11 is 1.71. The number of rotatable bonds is 7. The summed E-state index contributed by atoms with van der Waals surface area (Å²) in [6, 6.07) is 0.520. The molecule has 5 nitrogen and oxygen atoms in total. The van der Waals surface area contributed by atoms with E-state index in [0.29, 0.717) is 12.6 Å². The monoisotopic (exact) mass is 379 g/mol. The molecule has 0 amide bonds. The Morgan fingerprint density at radius 3 is 2.62 bits per heavy atom. The SMILES string of the molecule is CCCCN1CCC(NC(=NCc2nc(C(C)(C)C)cs2)NCC)CC1. The van der Waals surface area contributed by atoms with Crippen molar-refractivity contribution in [3.8, 4) is 0 Å². The van der Waals surface area contributed by atoms with E-state index in [1.165, 1.54) is 45.3 Å². The first-order valence-corrected chi connectivity index (χ1v) is 11.0. The fourth-order valence-corrected chi connectivity index (χ4v) is 4.01. The molecule has 0 bridgehead atoms. The summed E-state index contributed by atoms with van der Waals surface area (Å²) in [6.45, 7) is 16.1. The van der Waals surface area contributed by atoms with Crippen LogP contribution in [0.15, 0.2) is 10.4 Å². The normalized spacial score (nSPS) is 17.5. The van der Waals surface area contributed by atoms with Gasteiger partial charge in [0.15, 0.2) is 5.96 Å². The molecule has 0 aliphatic carbocycles. The van der Waals surface area contributed by atoms with Gasteiger partial charge in [0, 0.05) is 36.5 Å². The third-order valence-corrected chi connectivity index (χ3v) is 5.63. The lowest BCUT2D eigenvalue weighted by atomic mass is 9.93. The minimum Gasteiger partial charge on any atom is -0.357 e. The van der Waals surface area contributed by atoms with Crippen LogP contribution in [-0.4, -0.2) is 48.1 Å². The van der Waals surface area contributed by atoms with Gasteiger partial charge in [0.1, 0.15) is 5.01 Å². The second-order valence-electron chi connectivity index (χ2n) is 8.19. The smallest absolute Gasteiger partial charge is 0.191 e. The fraction of sp³-hybridized carbons (Fsp3) is 0.800. The highest BCUT2D eigenvalue weighted by atomic mass is 32.1. The molecule has 1 aliphatic heterocycles. The van der Waals surface area contributed by atoms with Crippen LogP contribution in [0, 0.1) is 0 Å². The Hall–Kier alpha value is -1.14. The Kier molecular flexibility index (Phi) is 8.35. The maximum Gasteiger partial charge on any atom is 0.191 e. The highest BCUT2D eigenvalue weighted by Gasteiger charge is 2.20. The minimum atomic E-state index is 0.104. The molecule has 2 heterocycles. The van der Waals surface area contributed by atoms with Crippen LogP contribution in [0.2, 0.25) is 0 Å². The fourth-order valence-electron chi connectivity index (χ4n) is 3.07. The molecule has 1 saturated heterocycles. The van der Waals surface area contributed by atoms with Crippen LogP contribution in [0.4, 0.5) is 0 Å². The van der Waals surface area contributed by atoms with Gasteiger partial charge in [0.05, 0.1) is 12.2 Å². The van der Waals surface area contributed by atoms with Gasteiger partial charge >= 0.3 is 0 Å². The first kappa shape index (κ1) is 21.2. The van der Waals surface area contributed by atoms with Crippen molar-refractivity contribution in [1.82, 2.24) is 20.5 Å². The maximum absolute atomic E-state index is 4.77. The van der Waals surface area contributed by atoms with Crippen LogP contribution < -0.4 is 10.6 Å². The summed E-state index contributed by atoms with van der Waals surface area (Å²) in [5.41, 5.74) is 1.26. The molecule has 148 valence electrons. The number of hydrogen-bond acceptors (Lipinski definition) is 4. The van der Waals surface area contributed by atoms with Crippen molar-refractivity contribution in [1.29, 1.82) is 0 Å². The van der Waals surface area contributed by atoms with E-state index in [9.17, 15) is 0 Å². The summed E-state index contributed by atoms with van der Waals surface area (Å²) in [5.74, 6) is 0.923. The van der Waals surface area contributed by atoms with Crippen LogP contribution in [0.25, 0.3) is 0 Å². The lowest BCUT2D eigenvalue weighted by Crippen LogP contribution is -2.48. The van der Waals surface area contributed by atoms with Crippen molar-refractivity contribution < 1.29 is 0 Å². The molecule has 1 aliphatic rings. The van der Waals surface area contributed by atoms with E-state index in [2.05, 4.69) is 55.5 Å². The van der Waals surface area contributed by atoms with Gasteiger partial charge in [0.25, 0.3) is 0 Å². The van der Waals surface area contributed by atoms with Gasteiger partial charge in [0.2, 0.25) is 0 Å². The van der Waals surface area contributed by atoms with Crippen LogP contribution in [0.1, 0.15) is 71.0 Å². The average Bonchev–Trinajstić information content (AvgIpc) is 3.09. The zero-order chi connectivity index (χ0) is 19.0. The van der Waals surface area contributed by atoms with Crippen molar-refractivity contribution in [2.24, 2.45) is 4.99 Å². The van der Waals surface area contributed by atoms with E-state index in [1.807, 2.05) is 0 Å². The number of aromatic nitrogens is 1.